The van der Waals surface area contributed by atoms with Crippen molar-refractivity contribution < 1.29 is 8.23 Å². The van der Waals surface area contributed by atoms with Crippen LogP contribution in [0.2, 0.25) is 64.5 Å². The van der Waals surface area contributed by atoms with Crippen molar-refractivity contribution in [3.63, 3.8) is 0 Å². The third-order valence-electron chi connectivity index (χ3n) is 15.4. The second-order valence-corrected chi connectivity index (χ2v) is 41.2. The summed E-state index contributed by atoms with van der Waals surface area (Å²) in [5.74, 6) is 0.794. The molecule has 8 aromatic rings. The highest BCUT2D eigenvalue weighted by Crippen LogP contribution is 2.47. The van der Waals surface area contributed by atoms with Crippen LogP contribution >= 0.6 is 0 Å². The van der Waals surface area contributed by atoms with E-state index in [1.54, 1.807) is 0 Å². The Labute approximate surface area is 465 Å². The Morgan fingerprint density at radius 2 is 0.896 bits per heavy atom. The first-order chi connectivity index (χ1) is 36.6. The van der Waals surface area contributed by atoms with Crippen molar-refractivity contribution in [1.29, 1.82) is 0 Å². The number of aromatic nitrogens is 2. The lowest BCUT2D eigenvalue weighted by atomic mass is 9.96. The number of hydrogen-bond acceptors (Lipinski definition) is 5. The summed E-state index contributed by atoms with van der Waals surface area (Å²) in [5, 5.41) is 2.78. The Morgan fingerprint density at radius 1 is 0.442 bits per heavy atom. The molecule has 1 aliphatic heterocycles. The van der Waals surface area contributed by atoms with Crippen molar-refractivity contribution in [2.24, 2.45) is 9.98 Å². The summed E-state index contributed by atoms with van der Waals surface area (Å²) < 4.78 is 16.9. The highest BCUT2D eigenvalue weighted by Gasteiger charge is 2.46. The van der Waals surface area contributed by atoms with Crippen molar-refractivity contribution in [2.45, 2.75) is 130 Å². The second-order valence-electron chi connectivity index (χ2n) is 24.3. The van der Waals surface area contributed by atoms with Gasteiger partial charge in [0.15, 0.2) is 8.32 Å². The first-order valence-corrected chi connectivity index (χ1v) is 39.9. The number of rotatable bonds is 19. The monoisotopic (exact) mass is 1080 g/mol. The molecule has 1 aliphatic rings. The minimum atomic E-state index is -2.51. The van der Waals surface area contributed by atoms with Gasteiger partial charge < -0.3 is 8.23 Å². The fraction of sp³-hybridized carbons (Fsp3) is 0.299. The van der Waals surface area contributed by atoms with Gasteiger partial charge in [0.05, 0.1) is 30.9 Å². The van der Waals surface area contributed by atoms with E-state index in [0.29, 0.717) is 17.8 Å². The third kappa shape index (κ3) is 12.1. The van der Waals surface area contributed by atoms with Gasteiger partial charge in [0.25, 0.3) is 5.79 Å². The van der Waals surface area contributed by atoms with Gasteiger partial charge >= 0.3 is 8.56 Å². The average molecular weight is 1090 g/mol. The Morgan fingerprint density at radius 3 is 1.36 bits per heavy atom. The molecule has 1 aromatic heterocycles. The maximum atomic E-state index is 7.31. The molecule has 396 valence electrons. The molecule has 7 aromatic carbocycles. The first kappa shape index (κ1) is 55.6. The topological polar surface area (TPSA) is 61.0 Å². The van der Waals surface area contributed by atoms with Crippen molar-refractivity contribution in [3.05, 3.63) is 221 Å². The fourth-order valence-corrected chi connectivity index (χ4v) is 29.9. The smallest absolute Gasteiger partial charge is 0.311 e. The van der Waals surface area contributed by atoms with Crippen LogP contribution in [0.3, 0.4) is 0 Å². The highest BCUT2D eigenvalue weighted by atomic mass is 28.5. The first-order valence-electron chi connectivity index (χ1n) is 27.9. The summed E-state index contributed by atoms with van der Waals surface area (Å²) in [7, 11) is -8.93. The molecule has 10 heteroatoms. The molecule has 9 rings (SSSR count). The largest absolute Gasteiger partial charge is 0.437 e. The molecule has 0 spiro atoms. The standard InChI is InChI=1S/C67H80N4O2Si4/c1-48(2)51-35-39-59(40-36-51)67(69-62(52-27-19-15-20-28-52)63(70-67)53-29-21-16-22-30-53)71-65(55-33-25-18-26-34-55)64(54-31-23-17-24-32-54)68-66(71)56-37-41-60(42-38-56)74(7,8)43-44-75(9,10)72-77(13,14)73-76(11,12)61-46-57(49(3)4)45-58(47-61)50(5)6/h15-42,45-50H,43-44H2,1-14H3. The van der Waals surface area contributed by atoms with Crippen LogP contribution in [0, 0.1) is 0 Å². The summed E-state index contributed by atoms with van der Waals surface area (Å²) in [5.41, 5.74) is 13.6. The van der Waals surface area contributed by atoms with E-state index >= 15 is 0 Å². The highest BCUT2D eigenvalue weighted by molar-refractivity contribution is 6.94. The average Bonchev–Trinajstić information content (AvgIpc) is 4.18. The quantitative estimate of drug-likeness (QED) is 0.0758. The third-order valence-corrected chi connectivity index (χ3v) is 30.6. The van der Waals surface area contributed by atoms with Gasteiger partial charge in [-0.15, -0.1) is 0 Å². The van der Waals surface area contributed by atoms with E-state index in [4.69, 9.17) is 23.2 Å². The maximum Gasteiger partial charge on any atom is 0.311 e. The van der Waals surface area contributed by atoms with E-state index in [9.17, 15) is 0 Å². The molecule has 0 radical (unpaired) electrons. The number of benzene rings is 7. The van der Waals surface area contributed by atoms with Crippen molar-refractivity contribution in [3.8, 4) is 33.9 Å². The Bertz CT molecular complexity index is 3280. The zero-order valence-corrected chi connectivity index (χ0v) is 52.1. The van der Waals surface area contributed by atoms with E-state index in [2.05, 4.69) is 287 Å². The Kier molecular flexibility index (Phi) is 16.1. The summed E-state index contributed by atoms with van der Waals surface area (Å²) in [6.45, 7) is 32.8. The number of imidazole rings is 1. The molecule has 0 unspecified atom stereocenters. The van der Waals surface area contributed by atoms with Gasteiger partial charge in [-0.2, -0.15) is 0 Å². The van der Waals surface area contributed by atoms with Crippen LogP contribution < -0.4 is 10.4 Å². The molecule has 0 aliphatic carbocycles. The zero-order valence-electron chi connectivity index (χ0n) is 48.1. The van der Waals surface area contributed by atoms with Crippen LogP contribution in [0.4, 0.5) is 0 Å². The molecule has 2 heterocycles. The summed E-state index contributed by atoms with van der Waals surface area (Å²) >= 11 is 0. The van der Waals surface area contributed by atoms with Gasteiger partial charge in [-0.3, -0.25) is 4.57 Å². The molecule has 0 bridgehead atoms. The SMILES string of the molecule is CC(C)c1ccc(C2(n3c(-c4ccc([Si](C)(C)CC[Si](C)(C)O[Si](C)(C)O[Si](C)(C)c5cc(C(C)C)cc(C(C)C)c5)cc4)nc(-c4ccccc4)c3-c3ccccc3)N=C(c3ccccc3)C(c3ccccc3)=N2)cc1. The minimum absolute atomic E-state index is 0.356. The van der Waals surface area contributed by atoms with Gasteiger partial charge in [-0.1, -0.05) is 254 Å². The van der Waals surface area contributed by atoms with Gasteiger partial charge in [-0.05, 0) is 85.0 Å². The molecule has 0 N–H and O–H groups in total. The molecular formula is C67H80N4O2Si4. The normalized spacial score (nSPS) is 14.1. The van der Waals surface area contributed by atoms with E-state index < -0.39 is 39.1 Å². The lowest BCUT2D eigenvalue weighted by Gasteiger charge is -2.40. The summed E-state index contributed by atoms with van der Waals surface area (Å²) in [6.07, 6.45) is 0. The number of hydrogen-bond donors (Lipinski definition) is 0. The molecule has 77 heavy (non-hydrogen) atoms. The molecule has 0 fully saturated rings. The predicted molar refractivity (Wildman–Crippen MR) is 338 cm³/mol. The second kappa shape index (κ2) is 22.3. The predicted octanol–water partition coefficient (Wildman–Crippen LogP) is 16.9. The molecule has 0 saturated carbocycles. The van der Waals surface area contributed by atoms with Crippen LogP contribution in [0.1, 0.15) is 92.7 Å². The zero-order chi connectivity index (χ0) is 54.9. The maximum absolute atomic E-state index is 7.31. The van der Waals surface area contributed by atoms with Gasteiger partial charge in [0.1, 0.15) is 5.82 Å². The van der Waals surface area contributed by atoms with E-state index in [-0.39, 0.29) is 0 Å². The number of aliphatic imine (C=N–C) groups is 2. The van der Waals surface area contributed by atoms with E-state index in [0.717, 1.165) is 74.1 Å². The summed E-state index contributed by atoms with van der Waals surface area (Å²) in [6, 6.07) is 70.1. The Hall–Kier alpha value is -6.12. The van der Waals surface area contributed by atoms with Crippen molar-refractivity contribution in [1.82, 2.24) is 9.55 Å². The van der Waals surface area contributed by atoms with Gasteiger partial charge in [-0.25, -0.2) is 15.0 Å². The van der Waals surface area contributed by atoms with Crippen LogP contribution in [0.5, 0.6) is 0 Å². The van der Waals surface area contributed by atoms with E-state index in [1.807, 2.05) is 0 Å². The van der Waals surface area contributed by atoms with Crippen LogP contribution in [0.25, 0.3) is 33.9 Å². The van der Waals surface area contributed by atoms with Gasteiger partial charge in [0.2, 0.25) is 8.32 Å². The Balaban J connectivity index is 1.12. The number of nitrogens with zero attached hydrogens (tertiary/aromatic N) is 4. The van der Waals surface area contributed by atoms with Crippen molar-refractivity contribution >= 4 is 55.1 Å². The van der Waals surface area contributed by atoms with Crippen molar-refractivity contribution in [2.75, 3.05) is 0 Å². The van der Waals surface area contributed by atoms with E-state index in [1.165, 1.54) is 27.1 Å². The fourth-order valence-electron chi connectivity index (χ4n) is 11.0. The van der Waals surface area contributed by atoms with Crippen LogP contribution in [0.15, 0.2) is 198 Å². The molecule has 0 saturated heterocycles. The lowest BCUT2D eigenvalue weighted by Crippen LogP contribution is -2.57. The molecular weight excluding hydrogens is 1010 g/mol. The molecule has 6 nitrogen and oxygen atoms in total. The van der Waals surface area contributed by atoms with Gasteiger partial charge in [0, 0.05) is 33.4 Å². The van der Waals surface area contributed by atoms with Crippen LogP contribution in [-0.2, 0) is 14.0 Å². The summed E-state index contributed by atoms with van der Waals surface area (Å²) in [4.78, 5) is 17.7. The van der Waals surface area contributed by atoms with Crippen LogP contribution in [-0.4, -0.2) is 54.2 Å². The molecule has 0 atom stereocenters. The lowest BCUT2D eigenvalue weighted by molar-refractivity contribution is 0.395. The molecule has 0 amide bonds. The minimum Gasteiger partial charge on any atom is -0.437 e.